The average molecular weight is 461 g/mol. The van der Waals surface area contributed by atoms with Crippen molar-refractivity contribution in [2.24, 2.45) is 0 Å². The Morgan fingerprint density at radius 1 is 1.06 bits per heavy atom. The summed E-state index contributed by atoms with van der Waals surface area (Å²) in [7, 11) is 0. The molecular weight excluding hydrogens is 432 g/mol. The summed E-state index contributed by atoms with van der Waals surface area (Å²) in [5, 5.41) is 0.267. The highest BCUT2D eigenvalue weighted by Crippen LogP contribution is 2.38. The van der Waals surface area contributed by atoms with Gasteiger partial charge in [-0.15, -0.1) is 0 Å². The molecule has 1 aliphatic heterocycles. The molecule has 32 heavy (non-hydrogen) atoms. The Kier molecular flexibility index (Phi) is 6.33. The number of carbonyl (C=O) groups excluding carboxylic acids is 3. The fourth-order valence-electron chi connectivity index (χ4n) is 3.16. The molecule has 2 aromatic rings. The van der Waals surface area contributed by atoms with E-state index in [-0.39, 0.29) is 23.1 Å². The number of carbonyl (C=O) groups is 3. The van der Waals surface area contributed by atoms with Crippen LogP contribution in [0.15, 0.2) is 35.6 Å². The lowest BCUT2D eigenvalue weighted by Gasteiger charge is -2.28. The molecule has 1 unspecified atom stereocenters. The summed E-state index contributed by atoms with van der Waals surface area (Å²) in [4.78, 5) is 45.6. The summed E-state index contributed by atoms with van der Waals surface area (Å²) in [6.45, 7) is 12.1. The molecule has 0 saturated heterocycles. The van der Waals surface area contributed by atoms with Crippen LogP contribution in [0.1, 0.15) is 48.5 Å². The second kappa shape index (κ2) is 8.54. The molecule has 0 aliphatic carbocycles. The van der Waals surface area contributed by atoms with Crippen molar-refractivity contribution < 1.29 is 28.6 Å². The molecule has 0 saturated carbocycles. The van der Waals surface area contributed by atoms with Gasteiger partial charge in [-0.25, -0.2) is 14.6 Å². The van der Waals surface area contributed by atoms with Crippen LogP contribution >= 0.6 is 11.3 Å². The van der Waals surface area contributed by atoms with Crippen LogP contribution in [0.4, 0.5) is 5.13 Å². The molecule has 0 bridgehead atoms. The third-order valence-electron chi connectivity index (χ3n) is 4.22. The summed E-state index contributed by atoms with van der Waals surface area (Å²) >= 11 is 1.24. The van der Waals surface area contributed by atoms with E-state index in [1.165, 1.54) is 16.2 Å². The number of anilines is 1. The van der Waals surface area contributed by atoms with Crippen molar-refractivity contribution in [1.82, 2.24) is 4.98 Å². The topological polar surface area (TPSA) is 95.0 Å². The van der Waals surface area contributed by atoms with Crippen molar-refractivity contribution in [3.63, 3.8) is 0 Å². The number of hydrogen-bond acceptors (Lipinski definition) is 8. The van der Waals surface area contributed by atoms with E-state index in [0.717, 1.165) is 4.70 Å². The van der Waals surface area contributed by atoms with Crippen LogP contribution in [0.3, 0.4) is 0 Å². The van der Waals surface area contributed by atoms with E-state index in [1.54, 1.807) is 48.5 Å². The molecule has 1 aliphatic rings. The number of benzene rings is 1. The molecule has 0 N–H and O–H groups in total. The first-order valence-electron chi connectivity index (χ1n) is 10.3. The van der Waals surface area contributed by atoms with Gasteiger partial charge < -0.3 is 14.2 Å². The fourth-order valence-corrected chi connectivity index (χ4v) is 4.15. The van der Waals surface area contributed by atoms with Crippen molar-refractivity contribution in [3.8, 4) is 0 Å². The Morgan fingerprint density at radius 2 is 1.69 bits per heavy atom. The van der Waals surface area contributed by atoms with Gasteiger partial charge in [-0.3, -0.25) is 9.69 Å². The molecule has 1 aromatic carbocycles. The Labute approximate surface area is 191 Å². The summed E-state index contributed by atoms with van der Waals surface area (Å²) in [5.41, 5.74) is -1.19. The Bertz CT molecular complexity index is 1060. The molecular formula is C23H28N2O6S. The Morgan fingerprint density at radius 3 is 2.25 bits per heavy atom. The van der Waals surface area contributed by atoms with Gasteiger partial charge in [-0.05, 0) is 60.6 Å². The van der Waals surface area contributed by atoms with E-state index in [1.807, 2.05) is 24.3 Å². The number of amides is 1. The van der Waals surface area contributed by atoms with Gasteiger partial charge >= 0.3 is 11.9 Å². The highest BCUT2D eigenvalue weighted by molar-refractivity contribution is 7.22. The maximum absolute atomic E-state index is 13.4. The van der Waals surface area contributed by atoms with Crippen LogP contribution in [0.5, 0.6) is 0 Å². The van der Waals surface area contributed by atoms with Crippen molar-refractivity contribution in [2.75, 3.05) is 11.5 Å². The molecule has 172 valence electrons. The maximum Gasteiger partial charge on any atom is 0.341 e. The minimum Gasteiger partial charge on any atom is -0.488 e. The van der Waals surface area contributed by atoms with Gasteiger partial charge in [-0.2, -0.15) is 0 Å². The standard InChI is InChI=1S/C23H28N2O6S/c1-8-29-17-15(19(27)30-22(2,3)4)16(20(28)31-23(5,6)7)25(18(17)26)21-24-13-11-9-10-12-14(13)32-21/h9-12,16H,8H2,1-7H3. The van der Waals surface area contributed by atoms with Crippen LogP contribution in [0.25, 0.3) is 10.2 Å². The minimum atomic E-state index is -1.38. The third kappa shape index (κ3) is 4.93. The molecule has 9 heteroatoms. The summed E-state index contributed by atoms with van der Waals surface area (Å²) in [6.07, 6.45) is 0. The molecule has 0 spiro atoms. The van der Waals surface area contributed by atoms with Crippen LogP contribution in [-0.2, 0) is 28.6 Å². The van der Waals surface area contributed by atoms with E-state index in [0.29, 0.717) is 5.52 Å². The number of thiazole rings is 1. The third-order valence-corrected chi connectivity index (χ3v) is 5.25. The minimum absolute atomic E-state index is 0.127. The van der Waals surface area contributed by atoms with Crippen molar-refractivity contribution in [2.45, 2.75) is 65.7 Å². The van der Waals surface area contributed by atoms with Crippen molar-refractivity contribution >= 4 is 44.5 Å². The lowest BCUT2D eigenvalue weighted by Crippen LogP contribution is -2.46. The number of hydrogen-bond donors (Lipinski definition) is 0. The Balaban J connectivity index is 2.16. The maximum atomic E-state index is 13.4. The zero-order valence-electron chi connectivity index (χ0n) is 19.3. The zero-order chi connectivity index (χ0) is 23.8. The number of ether oxygens (including phenoxy) is 3. The number of rotatable bonds is 5. The van der Waals surface area contributed by atoms with E-state index < -0.39 is 35.1 Å². The first-order chi connectivity index (χ1) is 14.8. The van der Waals surface area contributed by atoms with Crippen LogP contribution in [0.2, 0.25) is 0 Å². The molecule has 0 radical (unpaired) electrons. The second-order valence-corrected chi connectivity index (χ2v) is 10.3. The highest BCUT2D eigenvalue weighted by atomic mass is 32.1. The molecule has 2 heterocycles. The molecule has 1 atom stereocenters. The first-order valence-corrected chi connectivity index (χ1v) is 11.2. The van der Waals surface area contributed by atoms with Crippen molar-refractivity contribution in [1.29, 1.82) is 0 Å². The van der Waals surface area contributed by atoms with Crippen LogP contribution in [-0.4, -0.2) is 46.7 Å². The van der Waals surface area contributed by atoms with E-state index in [2.05, 4.69) is 4.98 Å². The van der Waals surface area contributed by atoms with Gasteiger partial charge in [0.15, 0.2) is 16.9 Å². The summed E-state index contributed by atoms with van der Waals surface area (Å²) < 4.78 is 17.5. The number of esters is 2. The van der Waals surface area contributed by atoms with Crippen LogP contribution < -0.4 is 4.90 Å². The van der Waals surface area contributed by atoms with Crippen molar-refractivity contribution in [3.05, 3.63) is 35.6 Å². The predicted octanol–water partition coefficient (Wildman–Crippen LogP) is 3.99. The molecule has 1 amide bonds. The summed E-state index contributed by atoms with van der Waals surface area (Å²) in [5.74, 6) is -2.44. The normalized spacial score (nSPS) is 17.2. The smallest absolute Gasteiger partial charge is 0.341 e. The van der Waals surface area contributed by atoms with Gasteiger partial charge in [0.2, 0.25) is 0 Å². The zero-order valence-corrected chi connectivity index (χ0v) is 20.2. The lowest BCUT2D eigenvalue weighted by molar-refractivity contribution is -0.159. The first kappa shape index (κ1) is 23.7. The molecule has 1 aromatic heterocycles. The number of para-hydroxylation sites is 1. The van der Waals surface area contributed by atoms with E-state index in [9.17, 15) is 14.4 Å². The number of nitrogens with zero attached hydrogens (tertiary/aromatic N) is 2. The fraction of sp³-hybridized carbons (Fsp3) is 0.478. The average Bonchev–Trinajstić information content (AvgIpc) is 3.18. The lowest BCUT2D eigenvalue weighted by atomic mass is 10.1. The molecule has 8 nitrogen and oxygen atoms in total. The Hall–Kier alpha value is -2.94. The van der Waals surface area contributed by atoms with Gasteiger partial charge in [0.05, 0.1) is 16.8 Å². The van der Waals surface area contributed by atoms with Crippen LogP contribution in [0, 0.1) is 0 Å². The predicted molar refractivity (Wildman–Crippen MR) is 121 cm³/mol. The molecule has 0 fully saturated rings. The number of fused-ring (bicyclic) bond motifs is 1. The largest absolute Gasteiger partial charge is 0.488 e. The van der Waals surface area contributed by atoms with E-state index >= 15 is 0 Å². The van der Waals surface area contributed by atoms with E-state index in [4.69, 9.17) is 14.2 Å². The number of aromatic nitrogens is 1. The summed E-state index contributed by atoms with van der Waals surface area (Å²) in [6, 6.07) is 5.99. The quantitative estimate of drug-likeness (QED) is 0.623. The van der Waals surface area contributed by atoms with Gasteiger partial charge in [0.25, 0.3) is 5.91 Å². The molecule has 3 rings (SSSR count). The second-order valence-electron chi connectivity index (χ2n) is 9.25. The monoisotopic (exact) mass is 460 g/mol. The highest BCUT2D eigenvalue weighted by Gasteiger charge is 2.52. The van der Waals surface area contributed by atoms with Gasteiger partial charge in [0, 0.05) is 0 Å². The van der Waals surface area contributed by atoms with Gasteiger partial charge in [0.1, 0.15) is 16.8 Å². The van der Waals surface area contributed by atoms with Gasteiger partial charge in [-0.1, -0.05) is 23.5 Å². The SMILES string of the molecule is CCOC1=C(C(=O)OC(C)(C)C)C(C(=O)OC(C)(C)C)N(c2nc3ccccc3s2)C1=O.